The van der Waals surface area contributed by atoms with Crippen LogP contribution in [-0.2, 0) is 6.42 Å². The zero-order valence-corrected chi connectivity index (χ0v) is 12.9. The molecule has 3 nitrogen and oxygen atoms in total. The summed E-state index contributed by atoms with van der Waals surface area (Å²) in [4.78, 5) is 13.0. The summed E-state index contributed by atoms with van der Waals surface area (Å²) >= 11 is 0. The summed E-state index contributed by atoms with van der Waals surface area (Å²) in [5.41, 5.74) is 1.61. The molecule has 0 aliphatic heterocycles. The van der Waals surface area contributed by atoms with Gasteiger partial charge in [-0.3, -0.25) is 0 Å². The van der Waals surface area contributed by atoms with E-state index in [0.29, 0.717) is 11.5 Å². The van der Waals surface area contributed by atoms with Gasteiger partial charge in [-0.1, -0.05) is 38.3 Å². The van der Waals surface area contributed by atoms with Gasteiger partial charge in [-0.2, -0.15) is 0 Å². The molecule has 0 radical (unpaired) electrons. The topological polar surface area (TPSA) is 40.5 Å². The fourth-order valence-electron chi connectivity index (χ4n) is 2.43. The summed E-state index contributed by atoms with van der Waals surface area (Å²) in [5.74, 6) is -0.153. The average molecular weight is 277 g/mol. The molecule has 1 aromatic carbocycles. The second-order valence-corrected chi connectivity index (χ2v) is 5.78. The van der Waals surface area contributed by atoms with Crippen LogP contribution in [0.4, 0.5) is 0 Å². The smallest absolute Gasteiger partial charge is 0.335 e. The number of nitrogens with zero attached hydrogens (tertiary/aromatic N) is 1. The molecule has 20 heavy (non-hydrogen) atoms. The van der Waals surface area contributed by atoms with E-state index < -0.39 is 5.97 Å². The van der Waals surface area contributed by atoms with Gasteiger partial charge in [0.15, 0.2) is 0 Å². The molecule has 0 aliphatic rings. The van der Waals surface area contributed by atoms with E-state index in [1.54, 1.807) is 12.1 Å². The van der Waals surface area contributed by atoms with Gasteiger partial charge in [0.2, 0.25) is 0 Å². The number of carboxylic acids is 1. The van der Waals surface area contributed by atoms with Gasteiger partial charge in [0, 0.05) is 0 Å². The van der Waals surface area contributed by atoms with Crippen molar-refractivity contribution in [3.8, 4) is 0 Å². The highest BCUT2D eigenvalue weighted by Crippen LogP contribution is 2.19. The number of carboxylic acid groups (broad SMARTS) is 1. The Bertz CT molecular complexity index is 398. The Balaban J connectivity index is 2.41. The number of rotatable bonds is 9. The van der Waals surface area contributed by atoms with Crippen LogP contribution in [0, 0.1) is 5.92 Å². The predicted octanol–water partition coefficient (Wildman–Crippen LogP) is 3.69. The lowest BCUT2D eigenvalue weighted by molar-refractivity contribution is 0.0697. The van der Waals surface area contributed by atoms with Crippen LogP contribution in [0.2, 0.25) is 0 Å². The molecular weight excluding hydrogens is 250 g/mol. The van der Waals surface area contributed by atoms with Crippen molar-refractivity contribution in [3.05, 3.63) is 35.4 Å². The second-order valence-electron chi connectivity index (χ2n) is 5.78. The summed E-state index contributed by atoms with van der Waals surface area (Å²) in [7, 11) is 4.22. The molecule has 1 rings (SSSR count). The molecule has 0 saturated carbocycles. The Morgan fingerprint density at radius 3 is 2.35 bits per heavy atom. The molecule has 0 aliphatic carbocycles. The van der Waals surface area contributed by atoms with Gasteiger partial charge in [0.25, 0.3) is 0 Å². The molecule has 0 fully saturated rings. The van der Waals surface area contributed by atoms with Crippen LogP contribution in [0.5, 0.6) is 0 Å². The zero-order valence-electron chi connectivity index (χ0n) is 12.9. The van der Waals surface area contributed by atoms with Gasteiger partial charge >= 0.3 is 5.97 Å². The number of carbonyl (C=O) groups is 1. The maximum absolute atomic E-state index is 10.8. The molecule has 112 valence electrons. The van der Waals surface area contributed by atoms with Crippen molar-refractivity contribution in [1.82, 2.24) is 4.90 Å². The van der Waals surface area contributed by atoms with Crippen LogP contribution in [0.3, 0.4) is 0 Å². The van der Waals surface area contributed by atoms with E-state index in [2.05, 4.69) is 25.9 Å². The minimum Gasteiger partial charge on any atom is -0.478 e. The Kier molecular flexibility index (Phi) is 7.31. The summed E-state index contributed by atoms with van der Waals surface area (Å²) in [6.45, 7) is 3.39. The highest BCUT2D eigenvalue weighted by molar-refractivity contribution is 5.87. The van der Waals surface area contributed by atoms with Gasteiger partial charge < -0.3 is 10.0 Å². The summed E-state index contributed by atoms with van der Waals surface area (Å²) in [6, 6.07) is 7.31. The normalized spacial score (nSPS) is 12.6. The van der Waals surface area contributed by atoms with Crippen LogP contribution in [-0.4, -0.2) is 36.6 Å². The summed E-state index contributed by atoms with van der Waals surface area (Å²) < 4.78 is 0. The minimum atomic E-state index is -0.854. The molecule has 1 aromatic rings. The predicted molar refractivity (Wildman–Crippen MR) is 83.3 cm³/mol. The first-order valence-corrected chi connectivity index (χ1v) is 7.50. The van der Waals surface area contributed by atoms with E-state index in [9.17, 15) is 4.79 Å². The SMILES string of the molecule is CCC(CCCCN(C)C)Cc1ccc(C(=O)O)cc1. The van der Waals surface area contributed by atoms with Crippen molar-refractivity contribution in [3.63, 3.8) is 0 Å². The van der Waals surface area contributed by atoms with Gasteiger partial charge in [0.05, 0.1) is 5.56 Å². The number of aromatic carboxylic acids is 1. The molecule has 0 aromatic heterocycles. The van der Waals surface area contributed by atoms with Gasteiger partial charge in [-0.25, -0.2) is 4.79 Å². The molecule has 0 saturated heterocycles. The maximum atomic E-state index is 10.8. The molecule has 1 atom stereocenters. The zero-order chi connectivity index (χ0) is 15.0. The first-order valence-electron chi connectivity index (χ1n) is 7.50. The largest absolute Gasteiger partial charge is 0.478 e. The fourth-order valence-corrected chi connectivity index (χ4v) is 2.43. The number of unbranched alkanes of at least 4 members (excludes halogenated alkanes) is 1. The van der Waals surface area contributed by atoms with Crippen LogP contribution in [0.25, 0.3) is 0 Å². The Morgan fingerprint density at radius 2 is 1.85 bits per heavy atom. The third kappa shape index (κ3) is 6.20. The number of hydrogen-bond acceptors (Lipinski definition) is 2. The van der Waals surface area contributed by atoms with Crippen LogP contribution in [0.15, 0.2) is 24.3 Å². The molecule has 3 heteroatoms. The van der Waals surface area contributed by atoms with E-state index >= 15 is 0 Å². The van der Waals surface area contributed by atoms with E-state index in [0.717, 1.165) is 13.0 Å². The van der Waals surface area contributed by atoms with Crippen molar-refractivity contribution in [1.29, 1.82) is 0 Å². The summed E-state index contributed by atoms with van der Waals surface area (Å²) in [6.07, 6.45) is 6.01. The van der Waals surface area contributed by atoms with Crippen molar-refractivity contribution < 1.29 is 9.90 Å². The molecule has 0 spiro atoms. The highest BCUT2D eigenvalue weighted by atomic mass is 16.4. The van der Waals surface area contributed by atoms with E-state index in [1.807, 2.05) is 12.1 Å². The first-order chi connectivity index (χ1) is 9.52. The Labute approximate surface area is 122 Å². The lowest BCUT2D eigenvalue weighted by Crippen LogP contribution is -2.13. The first kappa shape index (κ1) is 16.7. The standard InChI is InChI=1S/C17H27NO2/c1-4-14(7-5-6-12-18(2)3)13-15-8-10-16(11-9-15)17(19)20/h8-11,14H,4-7,12-13H2,1-3H3,(H,19,20). The fraction of sp³-hybridized carbons (Fsp3) is 0.588. The summed E-state index contributed by atoms with van der Waals surface area (Å²) in [5, 5.41) is 8.89. The lowest BCUT2D eigenvalue weighted by atomic mass is 9.91. The minimum absolute atomic E-state index is 0.368. The van der Waals surface area contributed by atoms with Gasteiger partial charge in [-0.05, 0) is 57.1 Å². The van der Waals surface area contributed by atoms with Crippen molar-refractivity contribution in [2.75, 3.05) is 20.6 Å². The Morgan fingerprint density at radius 1 is 1.20 bits per heavy atom. The monoisotopic (exact) mass is 277 g/mol. The quantitative estimate of drug-likeness (QED) is 0.700. The van der Waals surface area contributed by atoms with E-state index in [4.69, 9.17) is 5.11 Å². The Hall–Kier alpha value is -1.35. The molecule has 0 heterocycles. The van der Waals surface area contributed by atoms with Crippen LogP contribution < -0.4 is 0 Å². The van der Waals surface area contributed by atoms with Gasteiger partial charge in [0.1, 0.15) is 0 Å². The lowest BCUT2D eigenvalue weighted by Gasteiger charge is -2.16. The second kappa shape index (κ2) is 8.75. The third-order valence-electron chi connectivity index (χ3n) is 3.77. The highest BCUT2D eigenvalue weighted by Gasteiger charge is 2.08. The molecular formula is C17H27NO2. The third-order valence-corrected chi connectivity index (χ3v) is 3.77. The number of hydrogen-bond donors (Lipinski definition) is 1. The van der Waals surface area contributed by atoms with Crippen molar-refractivity contribution >= 4 is 5.97 Å². The molecule has 0 bridgehead atoms. The van der Waals surface area contributed by atoms with Crippen LogP contribution in [0.1, 0.15) is 48.5 Å². The van der Waals surface area contributed by atoms with Crippen molar-refractivity contribution in [2.45, 2.75) is 39.0 Å². The van der Waals surface area contributed by atoms with Gasteiger partial charge in [-0.15, -0.1) is 0 Å². The number of benzene rings is 1. The van der Waals surface area contributed by atoms with Crippen molar-refractivity contribution in [2.24, 2.45) is 5.92 Å². The molecule has 1 unspecified atom stereocenters. The molecule has 0 amide bonds. The molecule has 1 N–H and O–H groups in total. The average Bonchev–Trinajstić information content (AvgIpc) is 2.42. The van der Waals surface area contributed by atoms with Crippen LogP contribution >= 0.6 is 0 Å². The van der Waals surface area contributed by atoms with E-state index in [1.165, 1.54) is 31.2 Å². The van der Waals surface area contributed by atoms with E-state index in [-0.39, 0.29) is 0 Å². The maximum Gasteiger partial charge on any atom is 0.335 e.